The molecular formula is C10H16BrN5O. The predicted molar refractivity (Wildman–Crippen MR) is 67.2 cm³/mol. The summed E-state index contributed by atoms with van der Waals surface area (Å²) in [5.41, 5.74) is 5.43. The van der Waals surface area contributed by atoms with Gasteiger partial charge in [-0.2, -0.15) is 4.98 Å². The van der Waals surface area contributed by atoms with Gasteiger partial charge in [0.2, 0.25) is 11.9 Å². The Labute approximate surface area is 108 Å². The minimum Gasteiger partial charge on any atom is -0.366 e. The molecular weight excluding hydrogens is 286 g/mol. The van der Waals surface area contributed by atoms with E-state index in [1.54, 1.807) is 0 Å². The Balaban J connectivity index is 1.86. The number of hydrogen-bond acceptors (Lipinski definition) is 4. The minimum absolute atomic E-state index is 0.0394. The van der Waals surface area contributed by atoms with E-state index >= 15 is 0 Å². The van der Waals surface area contributed by atoms with Gasteiger partial charge in [-0.15, -0.1) is 5.10 Å². The van der Waals surface area contributed by atoms with Gasteiger partial charge in [0.25, 0.3) is 0 Å². The second-order valence-corrected chi connectivity index (χ2v) is 5.01. The zero-order valence-corrected chi connectivity index (χ0v) is 11.1. The molecule has 94 valence electrons. The van der Waals surface area contributed by atoms with E-state index in [1.165, 1.54) is 23.9 Å². The van der Waals surface area contributed by atoms with E-state index in [1.807, 2.05) is 0 Å². The smallest absolute Gasteiger partial charge is 0.242 e. The topological polar surface area (TPSA) is 85.8 Å². The quantitative estimate of drug-likeness (QED) is 0.874. The van der Waals surface area contributed by atoms with Crippen molar-refractivity contribution < 1.29 is 4.79 Å². The number of nitrogens with one attached hydrogen (secondary N) is 1. The van der Waals surface area contributed by atoms with Gasteiger partial charge in [-0.3, -0.25) is 4.79 Å². The maximum Gasteiger partial charge on any atom is 0.242 e. The van der Waals surface area contributed by atoms with Crippen molar-refractivity contribution in [3.8, 4) is 0 Å². The Morgan fingerprint density at radius 1 is 1.47 bits per heavy atom. The lowest BCUT2D eigenvalue weighted by atomic mass is 9.95. The zero-order chi connectivity index (χ0) is 12.3. The van der Waals surface area contributed by atoms with Gasteiger partial charge in [-0.05, 0) is 28.8 Å². The molecule has 0 saturated heterocycles. The number of hydrogen-bond donors (Lipinski definition) is 2. The summed E-state index contributed by atoms with van der Waals surface area (Å²) in [4.78, 5) is 15.7. The highest BCUT2D eigenvalue weighted by molar-refractivity contribution is 9.10. The van der Waals surface area contributed by atoms with Crippen molar-refractivity contribution in [2.24, 2.45) is 0 Å². The number of carbonyl (C=O) groups excluding carboxylic acids is 1. The molecule has 0 radical (unpaired) electrons. The van der Waals surface area contributed by atoms with Crippen LogP contribution in [0.25, 0.3) is 0 Å². The lowest BCUT2D eigenvalue weighted by molar-refractivity contribution is -0.122. The van der Waals surface area contributed by atoms with Crippen molar-refractivity contribution in [2.45, 2.75) is 44.7 Å². The van der Waals surface area contributed by atoms with Crippen molar-refractivity contribution in [1.82, 2.24) is 20.1 Å². The molecule has 1 aromatic rings. The number of carbonyl (C=O) groups is 1. The Hall–Kier alpha value is -1.11. The summed E-state index contributed by atoms with van der Waals surface area (Å²) in [6, 6.07) is 0.316. The molecule has 7 heteroatoms. The number of aromatic nitrogens is 3. The monoisotopic (exact) mass is 301 g/mol. The van der Waals surface area contributed by atoms with E-state index in [0.717, 1.165) is 12.8 Å². The molecule has 2 rings (SSSR count). The second-order valence-electron chi connectivity index (χ2n) is 4.30. The van der Waals surface area contributed by atoms with Gasteiger partial charge in [-0.1, -0.05) is 19.3 Å². The van der Waals surface area contributed by atoms with Crippen LogP contribution in [0.4, 0.5) is 5.95 Å². The third kappa shape index (κ3) is 3.42. The predicted octanol–water partition coefficient (Wildman–Crippen LogP) is 1.07. The standard InChI is InChI=1S/C10H16BrN5O/c11-9-14-10(12)15-16(9)6-8(17)13-7-4-2-1-3-5-7/h7H,1-6H2,(H2,12,15)(H,13,17). The third-order valence-electron chi connectivity index (χ3n) is 2.91. The first kappa shape index (κ1) is 12.3. The first-order valence-electron chi connectivity index (χ1n) is 5.80. The Kier molecular flexibility index (Phi) is 3.98. The number of amides is 1. The van der Waals surface area contributed by atoms with E-state index in [2.05, 4.69) is 31.3 Å². The Bertz CT molecular complexity index is 399. The number of nitrogens with two attached hydrogens (primary N) is 1. The molecule has 1 aliphatic carbocycles. The van der Waals surface area contributed by atoms with Crippen LogP contribution in [0.3, 0.4) is 0 Å². The molecule has 1 aromatic heterocycles. The number of rotatable bonds is 3. The van der Waals surface area contributed by atoms with E-state index < -0.39 is 0 Å². The molecule has 0 aromatic carbocycles. The Morgan fingerprint density at radius 2 is 2.18 bits per heavy atom. The van der Waals surface area contributed by atoms with Crippen molar-refractivity contribution in [3.05, 3.63) is 4.73 Å². The molecule has 3 N–H and O–H groups in total. The highest BCUT2D eigenvalue weighted by atomic mass is 79.9. The molecule has 0 spiro atoms. The molecule has 0 bridgehead atoms. The molecule has 1 fully saturated rings. The molecule has 1 amide bonds. The van der Waals surface area contributed by atoms with E-state index in [9.17, 15) is 4.79 Å². The van der Waals surface area contributed by atoms with Gasteiger partial charge < -0.3 is 11.1 Å². The summed E-state index contributed by atoms with van der Waals surface area (Å²) in [6.07, 6.45) is 5.83. The van der Waals surface area contributed by atoms with Crippen molar-refractivity contribution in [1.29, 1.82) is 0 Å². The second kappa shape index (κ2) is 5.48. The normalized spacial score (nSPS) is 17.0. The van der Waals surface area contributed by atoms with Gasteiger partial charge >= 0.3 is 0 Å². The van der Waals surface area contributed by atoms with Crippen LogP contribution >= 0.6 is 15.9 Å². The third-order valence-corrected chi connectivity index (χ3v) is 3.49. The van der Waals surface area contributed by atoms with Crippen molar-refractivity contribution >= 4 is 27.8 Å². The molecule has 1 heterocycles. The molecule has 17 heavy (non-hydrogen) atoms. The van der Waals surface area contributed by atoms with Crippen LogP contribution in [0.2, 0.25) is 0 Å². The zero-order valence-electron chi connectivity index (χ0n) is 9.53. The van der Waals surface area contributed by atoms with Gasteiger partial charge in [0.15, 0.2) is 4.73 Å². The van der Waals surface area contributed by atoms with Crippen LogP contribution < -0.4 is 11.1 Å². The van der Waals surface area contributed by atoms with E-state index in [0.29, 0.717) is 10.8 Å². The van der Waals surface area contributed by atoms with Gasteiger partial charge in [0.1, 0.15) is 6.54 Å². The molecule has 1 aliphatic rings. The first-order valence-corrected chi connectivity index (χ1v) is 6.59. The lowest BCUT2D eigenvalue weighted by Crippen LogP contribution is -2.38. The summed E-state index contributed by atoms with van der Waals surface area (Å²) in [6.45, 7) is 0.154. The SMILES string of the molecule is Nc1nc(Br)n(CC(=O)NC2CCCCC2)n1. The maximum absolute atomic E-state index is 11.8. The molecule has 0 aliphatic heterocycles. The van der Waals surface area contributed by atoms with Crippen LogP contribution in [0.15, 0.2) is 4.73 Å². The fourth-order valence-corrected chi connectivity index (χ4v) is 2.48. The van der Waals surface area contributed by atoms with Gasteiger partial charge in [0, 0.05) is 6.04 Å². The largest absolute Gasteiger partial charge is 0.366 e. The fourth-order valence-electron chi connectivity index (χ4n) is 2.10. The molecule has 0 atom stereocenters. The lowest BCUT2D eigenvalue weighted by Gasteiger charge is -2.22. The number of halogens is 1. The van der Waals surface area contributed by atoms with E-state index in [-0.39, 0.29) is 18.4 Å². The molecule has 0 unspecified atom stereocenters. The maximum atomic E-state index is 11.8. The summed E-state index contributed by atoms with van der Waals surface area (Å²) >= 11 is 3.20. The summed E-state index contributed by atoms with van der Waals surface area (Å²) in [7, 11) is 0. The molecule has 1 saturated carbocycles. The highest BCUT2D eigenvalue weighted by Gasteiger charge is 2.16. The molecule has 6 nitrogen and oxygen atoms in total. The van der Waals surface area contributed by atoms with Crippen LogP contribution in [0, 0.1) is 0 Å². The first-order chi connectivity index (χ1) is 8.15. The Morgan fingerprint density at radius 3 is 2.76 bits per heavy atom. The van der Waals surface area contributed by atoms with Crippen LogP contribution in [-0.2, 0) is 11.3 Å². The number of nitrogen functional groups attached to an aromatic ring is 1. The van der Waals surface area contributed by atoms with Crippen LogP contribution in [-0.4, -0.2) is 26.7 Å². The summed E-state index contributed by atoms with van der Waals surface area (Å²) in [5, 5.41) is 6.93. The van der Waals surface area contributed by atoms with Crippen molar-refractivity contribution in [3.63, 3.8) is 0 Å². The van der Waals surface area contributed by atoms with Crippen LogP contribution in [0.5, 0.6) is 0 Å². The summed E-state index contributed by atoms with van der Waals surface area (Å²) < 4.78 is 1.93. The fraction of sp³-hybridized carbons (Fsp3) is 0.700. The number of nitrogens with zero attached hydrogens (tertiary/aromatic N) is 3. The highest BCUT2D eigenvalue weighted by Crippen LogP contribution is 2.17. The minimum atomic E-state index is -0.0394. The average Bonchev–Trinajstić information content (AvgIpc) is 2.58. The number of anilines is 1. The van der Waals surface area contributed by atoms with E-state index in [4.69, 9.17) is 5.73 Å². The average molecular weight is 302 g/mol. The van der Waals surface area contributed by atoms with Gasteiger partial charge in [-0.25, -0.2) is 4.68 Å². The van der Waals surface area contributed by atoms with Gasteiger partial charge in [0.05, 0.1) is 0 Å². The van der Waals surface area contributed by atoms with Crippen LogP contribution in [0.1, 0.15) is 32.1 Å². The van der Waals surface area contributed by atoms with Crippen molar-refractivity contribution in [2.75, 3.05) is 5.73 Å². The summed E-state index contributed by atoms with van der Waals surface area (Å²) in [5.74, 6) is 0.129.